The maximum atomic E-state index is 12.3. The molecule has 0 spiro atoms. The van der Waals surface area contributed by atoms with Crippen LogP contribution in [0.3, 0.4) is 0 Å². The Labute approximate surface area is 84.6 Å². The highest BCUT2D eigenvalue weighted by Gasteiger charge is 2.34. The van der Waals surface area contributed by atoms with E-state index in [9.17, 15) is 21.6 Å². The minimum atomic E-state index is -4.49. The topological polar surface area (TPSA) is 34.1 Å². The van der Waals surface area contributed by atoms with Gasteiger partial charge in [-0.05, 0) is 24.1 Å². The normalized spacial score (nSPS) is 18.9. The molecule has 1 aliphatic heterocycles. The third-order valence-electron chi connectivity index (χ3n) is 2.37. The van der Waals surface area contributed by atoms with E-state index in [1.165, 1.54) is 6.07 Å². The van der Waals surface area contributed by atoms with Crippen LogP contribution in [0.25, 0.3) is 0 Å². The molecule has 0 N–H and O–H groups in total. The number of benzene rings is 1. The lowest BCUT2D eigenvalue weighted by atomic mass is 10.1. The standard InChI is InChI=1S/C9H7F3O2S/c10-9(11,12)7-2-1-6-3-4-15(13,14)8(6)5-7/h1-2,5H,3-4H2. The monoisotopic (exact) mass is 236 g/mol. The van der Waals surface area contributed by atoms with Crippen molar-refractivity contribution in [3.05, 3.63) is 29.3 Å². The Morgan fingerprint density at radius 3 is 2.47 bits per heavy atom. The fourth-order valence-corrected chi connectivity index (χ4v) is 3.17. The molecule has 6 heteroatoms. The summed E-state index contributed by atoms with van der Waals surface area (Å²) in [7, 11) is -3.49. The van der Waals surface area contributed by atoms with Gasteiger partial charge in [0, 0.05) is 0 Å². The molecule has 2 nitrogen and oxygen atoms in total. The molecule has 0 bridgehead atoms. The predicted molar refractivity (Wildman–Crippen MR) is 47.2 cm³/mol. The van der Waals surface area contributed by atoms with Crippen molar-refractivity contribution in [3.8, 4) is 0 Å². The summed E-state index contributed by atoms with van der Waals surface area (Å²) >= 11 is 0. The summed E-state index contributed by atoms with van der Waals surface area (Å²) in [5.74, 6) is -0.0936. The van der Waals surface area contributed by atoms with Crippen LogP contribution >= 0.6 is 0 Å². The van der Waals surface area contributed by atoms with Gasteiger partial charge in [-0.1, -0.05) is 6.07 Å². The van der Waals surface area contributed by atoms with Gasteiger partial charge >= 0.3 is 6.18 Å². The van der Waals surface area contributed by atoms with E-state index >= 15 is 0 Å². The highest BCUT2D eigenvalue weighted by molar-refractivity contribution is 7.91. The van der Waals surface area contributed by atoms with Gasteiger partial charge in [0.25, 0.3) is 0 Å². The zero-order valence-electron chi connectivity index (χ0n) is 7.50. The molecule has 1 aliphatic rings. The van der Waals surface area contributed by atoms with Crippen molar-refractivity contribution in [2.24, 2.45) is 0 Å². The highest BCUT2D eigenvalue weighted by Crippen LogP contribution is 2.34. The SMILES string of the molecule is O=S1(=O)CCc2ccc(C(F)(F)F)cc21. The molecule has 0 aromatic heterocycles. The Bertz CT molecular complexity index is 503. The number of hydrogen-bond donors (Lipinski definition) is 0. The Morgan fingerprint density at radius 2 is 1.87 bits per heavy atom. The van der Waals surface area contributed by atoms with Crippen molar-refractivity contribution in [1.82, 2.24) is 0 Å². The van der Waals surface area contributed by atoms with Crippen LogP contribution in [0.4, 0.5) is 13.2 Å². The van der Waals surface area contributed by atoms with E-state index in [0.717, 1.165) is 12.1 Å². The molecule has 1 aromatic carbocycles. The lowest BCUT2D eigenvalue weighted by Crippen LogP contribution is -2.06. The van der Waals surface area contributed by atoms with Crippen molar-refractivity contribution in [2.75, 3.05) is 5.75 Å². The molecule has 1 aromatic rings. The van der Waals surface area contributed by atoms with Crippen molar-refractivity contribution >= 4 is 9.84 Å². The molecule has 0 saturated carbocycles. The van der Waals surface area contributed by atoms with Gasteiger partial charge in [-0.3, -0.25) is 0 Å². The largest absolute Gasteiger partial charge is 0.416 e. The first kappa shape index (κ1) is 10.5. The lowest BCUT2D eigenvalue weighted by molar-refractivity contribution is -0.137. The fourth-order valence-electron chi connectivity index (χ4n) is 1.58. The number of halogens is 3. The molecule has 15 heavy (non-hydrogen) atoms. The van der Waals surface area contributed by atoms with Crippen LogP contribution in [0.2, 0.25) is 0 Å². The summed E-state index contributed by atoms with van der Waals surface area (Å²) in [6.07, 6.45) is -4.19. The van der Waals surface area contributed by atoms with Crippen molar-refractivity contribution in [3.63, 3.8) is 0 Å². The minimum absolute atomic E-state index is 0.0936. The first-order valence-electron chi connectivity index (χ1n) is 4.23. The van der Waals surface area contributed by atoms with Crippen LogP contribution in [0.15, 0.2) is 23.1 Å². The van der Waals surface area contributed by atoms with Crippen LogP contribution in [-0.4, -0.2) is 14.2 Å². The lowest BCUT2D eigenvalue weighted by Gasteiger charge is -2.07. The van der Waals surface area contributed by atoms with Crippen molar-refractivity contribution in [2.45, 2.75) is 17.5 Å². The molecule has 0 radical (unpaired) electrons. The van der Waals surface area contributed by atoms with Gasteiger partial charge in [0.1, 0.15) is 0 Å². The minimum Gasteiger partial charge on any atom is -0.224 e. The van der Waals surface area contributed by atoms with E-state index in [0.29, 0.717) is 12.0 Å². The van der Waals surface area contributed by atoms with Crippen LogP contribution in [0.5, 0.6) is 0 Å². The number of fused-ring (bicyclic) bond motifs is 1. The van der Waals surface area contributed by atoms with Gasteiger partial charge in [-0.15, -0.1) is 0 Å². The summed E-state index contributed by atoms with van der Waals surface area (Å²) in [6, 6.07) is 2.88. The molecule has 0 amide bonds. The molecule has 0 fully saturated rings. The zero-order chi connectivity index (χ0) is 11.3. The molecule has 82 valence electrons. The Kier molecular flexibility index (Phi) is 2.08. The van der Waals surface area contributed by atoms with Crippen LogP contribution in [0, 0.1) is 0 Å². The third-order valence-corrected chi connectivity index (χ3v) is 4.16. The second kappa shape index (κ2) is 2.98. The maximum absolute atomic E-state index is 12.3. The molecule has 0 atom stereocenters. The van der Waals surface area contributed by atoms with E-state index in [2.05, 4.69) is 0 Å². The first-order valence-corrected chi connectivity index (χ1v) is 5.89. The van der Waals surface area contributed by atoms with Crippen LogP contribution in [0.1, 0.15) is 11.1 Å². The van der Waals surface area contributed by atoms with Gasteiger partial charge in [-0.2, -0.15) is 13.2 Å². The Balaban J connectivity index is 2.61. The van der Waals surface area contributed by atoms with E-state index in [1.807, 2.05) is 0 Å². The van der Waals surface area contributed by atoms with E-state index in [-0.39, 0.29) is 10.6 Å². The number of aryl methyl sites for hydroxylation is 1. The summed E-state index contributed by atoms with van der Waals surface area (Å²) in [5, 5.41) is 0. The summed E-state index contributed by atoms with van der Waals surface area (Å²) in [4.78, 5) is -0.169. The summed E-state index contributed by atoms with van der Waals surface area (Å²) < 4.78 is 59.7. The van der Waals surface area contributed by atoms with Gasteiger partial charge in [0.05, 0.1) is 16.2 Å². The predicted octanol–water partition coefficient (Wildman–Crippen LogP) is 2.04. The molecular formula is C9H7F3O2S. The average molecular weight is 236 g/mol. The second-order valence-electron chi connectivity index (χ2n) is 3.39. The van der Waals surface area contributed by atoms with Crippen molar-refractivity contribution < 1.29 is 21.6 Å². The Morgan fingerprint density at radius 1 is 1.20 bits per heavy atom. The molecule has 0 unspecified atom stereocenters. The molecule has 0 saturated heterocycles. The van der Waals surface area contributed by atoms with E-state index in [4.69, 9.17) is 0 Å². The Hall–Kier alpha value is -1.04. The molecule has 0 aliphatic carbocycles. The smallest absolute Gasteiger partial charge is 0.224 e. The van der Waals surface area contributed by atoms with Crippen molar-refractivity contribution in [1.29, 1.82) is 0 Å². The van der Waals surface area contributed by atoms with Gasteiger partial charge < -0.3 is 0 Å². The van der Waals surface area contributed by atoms with E-state index in [1.54, 1.807) is 0 Å². The van der Waals surface area contributed by atoms with E-state index < -0.39 is 21.6 Å². The molecule has 1 heterocycles. The highest BCUT2D eigenvalue weighted by atomic mass is 32.2. The second-order valence-corrected chi connectivity index (χ2v) is 5.47. The quantitative estimate of drug-likeness (QED) is 0.690. The fraction of sp³-hybridized carbons (Fsp3) is 0.333. The third kappa shape index (κ3) is 1.73. The average Bonchev–Trinajstić information content (AvgIpc) is 2.41. The number of hydrogen-bond acceptors (Lipinski definition) is 2. The van der Waals surface area contributed by atoms with Crippen LogP contribution in [-0.2, 0) is 22.4 Å². The molecular weight excluding hydrogens is 229 g/mol. The summed E-state index contributed by atoms with van der Waals surface area (Å²) in [6.45, 7) is 0. The summed E-state index contributed by atoms with van der Waals surface area (Å²) in [5.41, 5.74) is -0.435. The first-order chi connectivity index (χ1) is 6.81. The number of alkyl halides is 3. The molecule has 2 rings (SSSR count). The maximum Gasteiger partial charge on any atom is 0.416 e. The van der Waals surface area contributed by atoms with Gasteiger partial charge in [0.2, 0.25) is 0 Å². The van der Waals surface area contributed by atoms with Gasteiger partial charge in [-0.25, -0.2) is 8.42 Å². The number of rotatable bonds is 0. The van der Waals surface area contributed by atoms with Gasteiger partial charge in [0.15, 0.2) is 9.84 Å². The zero-order valence-corrected chi connectivity index (χ0v) is 8.32. The number of sulfone groups is 1. The van der Waals surface area contributed by atoms with Crippen LogP contribution < -0.4 is 0 Å².